The van der Waals surface area contributed by atoms with Gasteiger partial charge >= 0.3 is 0 Å². The number of hydrogen-bond donors (Lipinski definition) is 0. The van der Waals surface area contributed by atoms with Crippen LogP contribution in [0.2, 0.25) is 0 Å². The Labute approximate surface area is 146 Å². The minimum atomic E-state index is -0.0771. The summed E-state index contributed by atoms with van der Waals surface area (Å²) in [5.74, 6) is 1.06. The van der Waals surface area contributed by atoms with E-state index in [1.807, 2.05) is 45.9 Å². The molecule has 1 aromatic heterocycles. The molecule has 1 amide bonds. The van der Waals surface area contributed by atoms with Crippen LogP contribution in [0.25, 0.3) is 10.2 Å². The molecule has 0 bridgehead atoms. The van der Waals surface area contributed by atoms with Gasteiger partial charge in [-0.25, -0.2) is 0 Å². The van der Waals surface area contributed by atoms with Crippen molar-refractivity contribution in [2.45, 2.75) is 40.7 Å². The first-order valence-electron chi connectivity index (χ1n) is 8.46. The second-order valence-electron chi connectivity index (χ2n) is 5.90. The molecule has 132 valence electrons. The Morgan fingerprint density at radius 2 is 2.08 bits per heavy atom. The molecule has 0 unspecified atom stereocenters. The average molecular weight is 350 g/mol. The molecule has 0 aliphatic carbocycles. The summed E-state index contributed by atoms with van der Waals surface area (Å²) in [6.07, 6.45) is 0.462. The Morgan fingerprint density at radius 1 is 1.29 bits per heavy atom. The van der Waals surface area contributed by atoms with Gasteiger partial charge in [-0.1, -0.05) is 25.2 Å². The number of carbonyl (C=O) groups excluding carboxylic acids is 1. The molecule has 0 fully saturated rings. The summed E-state index contributed by atoms with van der Waals surface area (Å²) in [5.41, 5.74) is 1.05. The Bertz CT molecular complexity index is 746. The topological polar surface area (TPSA) is 52.8 Å². The minimum absolute atomic E-state index is 0.0771. The number of carbonyl (C=O) groups is 1. The van der Waals surface area contributed by atoms with Gasteiger partial charge in [0.1, 0.15) is 5.75 Å². The summed E-state index contributed by atoms with van der Waals surface area (Å²) in [5, 5.41) is 0. The Morgan fingerprint density at radius 3 is 2.75 bits per heavy atom. The quantitative estimate of drug-likeness (QED) is 0.683. The van der Waals surface area contributed by atoms with Gasteiger partial charge in [0.2, 0.25) is 5.91 Å². The summed E-state index contributed by atoms with van der Waals surface area (Å²) < 4.78 is 14.2. The number of ether oxygens (including phenoxy) is 2. The second-order valence-corrected chi connectivity index (χ2v) is 6.91. The third kappa shape index (κ3) is 4.92. The molecule has 1 heterocycles. The average Bonchev–Trinajstić information content (AvgIpc) is 2.84. The molecule has 5 nitrogen and oxygen atoms in total. The van der Waals surface area contributed by atoms with E-state index >= 15 is 0 Å². The van der Waals surface area contributed by atoms with Gasteiger partial charge in [0, 0.05) is 19.6 Å². The number of rotatable bonds is 8. The van der Waals surface area contributed by atoms with E-state index < -0.39 is 0 Å². The lowest BCUT2D eigenvalue weighted by atomic mass is 10.1. The number of aromatic nitrogens is 1. The van der Waals surface area contributed by atoms with Gasteiger partial charge in [0.05, 0.1) is 23.4 Å². The predicted octanol–water partition coefficient (Wildman–Crippen LogP) is 3.61. The molecule has 2 aromatic rings. The largest absolute Gasteiger partial charge is 0.494 e. The second kappa shape index (κ2) is 8.99. The maximum absolute atomic E-state index is 12.1. The van der Waals surface area contributed by atoms with E-state index in [1.165, 1.54) is 11.3 Å². The Kier molecular flexibility index (Phi) is 6.99. The summed E-state index contributed by atoms with van der Waals surface area (Å²) in [7, 11) is 0. The number of nitrogens with zero attached hydrogens (tertiary/aromatic N) is 2. The van der Waals surface area contributed by atoms with Crippen LogP contribution in [-0.2, 0) is 16.1 Å². The van der Waals surface area contributed by atoms with Crippen LogP contribution < -0.4 is 9.54 Å². The van der Waals surface area contributed by atoms with Gasteiger partial charge in [0.25, 0.3) is 0 Å². The van der Waals surface area contributed by atoms with Crippen molar-refractivity contribution < 1.29 is 14.3 Å². The zero-order valence-electron chi connectivity index (χ0n) is 14.9. The van der Waals surface area contributed by atoms with Gasteiger partial charge in [0.15, 0.2) is 4.80 Å². The van der Waals surface area contributed by atoms with Crippen LogP contribution in [0.5, 0.6) is 5.75 Å². The molecule has 0 saturated heterocycles. The summed E-state index contributed by atoms with van der Waals surface area (Å²) in [6.45, 7) is 10.6. The SMILES string of the molecule is CCOCCn1c(=NC(=O)CC(C)C)sc2cc(OCC)ccc21. The monoisotopic (exact) mass is 350 g/mol. The first-order valence-corrected chi connectivity index (χ1v) is 9.28. The zero-order chi connectivity index (χ0) is 17.5. The van der Waals surface area contributed by atoms with Crippen molar-refractivity contribution in [1.82, 2.24) is 4.57 Å². The standard InChI is InChI=1S/C18H26N2O3S/c1-5-22-10-9-20-15-8-7-14(23-6-2)12-16(15)24-18(20)19-17(21)11-13(3)4/h7-8,12-13H,5-6,9-11H2,1-4H3. The molecular weight excluding hydrogens is 324 g/mol. The lowest BCUT2D eigenvalue weighted by Gasteiger charge is -2.06. The number of benzene rings is 1. The number of thiazole rings is 1. The molecule has 0 radical (unpaired) electrons. The highest BCUT2D eigenvalue weighted by molar-refractivity contribution is 7.16. The number of amides is 1. The fraction of sp³-hybridized carbons (Fsp3) is 0.556. The Hall–Kier alpha value is -1.66. The molecule has 0 spiro atoms. The predicted molar refractivity (Wildman–Crippen MR) is 97.5 cm³/mol. The van der Waals surface area contributed by atoms with Crippen LogP contribution in [-0.4, -0.2) is 30.3 Å². The van der Waals surface area contributed by atoms with Gasteiger partial charge in [-0.15, -0.1) is 0 Å². The van der Waals surface area contributed by atoms with Crippen LogP contribution in [0.15, 0.2) is 23.2 Å². The summed E-state index contributed by atoms with van der Waals surface area (Å²) in [4.78, 5) is 17.2. The van der Waals surface area contributed by atoms with Crippen molar-refractivity contribution in [2.75, 3.05) is 19.8 Å². The molecule has 0 aliphatic heterocycles. The fourth-order valence-corrected chi connectivity index (χ4v) is 3.52. The van der Waals surface area contributed by atoms with Crippen molar-refractivity contribution in [3.63, 3.8) is 0 Å². The van der Waals surface area contributed by atoms with Crippen LogP contribution in [0.1, 0.15) is 34.1 Å². The highest BCUT2D eigenvalue weighted by atomic mass is 32.1. The van der Waals surface area contributed by atoms with Crippen molar-refractivity contribution >= 4 is 27.5 Å². The number of hydrogen-bond acceptors (Lipinski definition) is 4. The third-order valence-corrected chi connectivity index (χ3v) is 4.47. The highest BCUT2D eigenvalue weighted by Gasteiger charge is 2.10. The lowest BCUT2D eigenvalue weighted by molar-refractivity contribution is -0.118. The fourth-order valence-electron chi connectivity index (χ4n) is 2.41. The third-order valence-electron chi connectivity index (χ3n) is 3.43. The van der Waals surface area contributed by atoms with Crippen LogP contribution in [0.4, 0.5) is 0 Å². The highest BCUT2D eigenvalue weighted by Crippen LogP contribution is 2.23. The van der Waals surface area contributed by atoms with Crippen LogP contribution in [0, 0.1) is 5.92 Å². The lowest BCUT2D eigenvalue weighted by Crippen LogP contribution is -2.20. The minimum Gasteiger partial charge on any atom is -0.494 e. The van der Waals surface area contributed by atoms with Crippen molar-refractivity contribution in [2.24, 2.45) is 10.9 Å². The molecule has 6 heteroatoms. The van der Waals surface area contributed by atoms with Crippen molar-refractivity contribution in [3.8, 4) is 5.75 Å². The maximum atomic E-state index is 12.1. The van der Waals surface area contributed by atoms with E-state index in [-0.39, 0.29) is 5.91 Å². The molecular formula is C18H26N2O3S. The van der Waals surface area contributed by atoms with Gasteiger partial charge in [-0.05, 0) is 38.0 Å². The molecule has 0 saturated carbocycles. The molecule has 0 atom stereocenters. The smallest absolute Gasteiger partial charge is 0.248 e. The normalized spacial score (nSPS) is 12.3. The first kappa shape index (κ1) is 18.7. The molecule has 24 heavy (non-hydrogen) atoms. The summed E-state index contributed by atoms with van der Waals surface area (Å²) >= 11 is 1.52. The van der Waals surface area contributed by atoms with E-state index in [9.17, 15) is 4.79 Å². The Balaban J connectivity index is 2.44. The first-order chi connectivity index (χ1) is 11.5. The van der Waals surface area contributed by atoms with Crippen LogP contribution >= 0.6 is 11.3 Å². The van der Waals surface area contributed by atoms with E-state index in [1.54, 1.807) is 0 Å². The van der Waals surface area contributed by atoms with Crippen molar-refractivity contribution in [1.29, 1.82) is 0 Å². The van der Waals surface area contributed by atoms with Crippen LogP contribution in [0.3, 0.4) is 0 Å². The zero-order valence-corrected chi connectivity index (χ0v) is 15.7. The molecule has 1 aromatic carbocycles. The van der Waals surface area contributed by atoms with Gasteiger partial charge in [-0.3, -0.25) is 4.79 Å². The van der Waals surface area contributed by atoms with Gasteiger partial charge < -0.3 is 14.0 Å². The molecule has 2 rings (SSSR count). The number of fused-ring (bicyclic) bond motifs is 1. The van der Waals surface area contributed by atoms with Crippen molar-refractivity contribution in [3.05, 3.63) is 23.0 Å². The molecule has 0 aliphatic rings. The van der Waals surface area contributed by atoms with E-state index in [0.29, 0.717) is 38.7 Å². The summed E-state index contributed by atoms with van der Waals surface area (Å²) in [6, 6.07) is 5.98. The molecule has 0 N–H and O–H groups in total. The maximum Gasteiger partial charge on any atom is 0.248 e. The van der Waals surface area contributed by atoms with E-state index in [0.717, 1.165) is 20.8 Å². The van der Waals surface area contributed by atoms with Gasteiger partial charge in [-0.2, -0.15) is 4.99 Å². The van der Waals surface area contributed by atoms with E-state index in [4.69, 9.17) is 9.47 Å². The van der Waals surface area contributed by atoms with E-state index in [2.05, 4.69) is 9.56 Å².